The highest BCUT2D eigenvalue weighted by Crippen LogP contribution is 2.34. The largest absolute Gasteiger partial charge is 0.489 e. The first-order valence-corrected chi connectivity index (χ1v) is 16.4. The molecule has 1 heterocycles. The number of para-hydroxylation sites is 1. The quantitative estimate of drug-likeness (QED) is 0.210. The average Bonchev–Trinajstić information content (AvgIpc) is 2.99. The van der Waals surface area contributed by atoms with Crippen molar-refractivity contribution < 1.29 is 32.9 Å². The summed E-state index contributed by atoms with van der Waals surface area (Å²) in [5.41, 5.74) is 2.78. The average molecular weight is 649 g/mol. The number of carbonyl (C=O) groups excluding carboxylic acids is 2. The standard InChI is InChI=1S/C38H49FN2O6/c1-8-12-32(40-36(43)47-38(5,6)7)31-15-11-14-30(35(31)39)28-21-26(22-29(23-28)41-17-19-44-20-18-41)25-45-33-16-10-9-13-27(33)24-34(42)46-37(2,3)4/h9-11,13-16,21-23,32H,8,12,17-20,24-25H2,1-7H3,(H,40,43)/t32-/m1/s1. The van der Waals surface area contributed by atoms with E-state index in [0.29, 0.717) is 55.2 Å². The molecule has 254 valence electrons. The summed E-state index contributed by atoms with van der Waals surface area (Å²) in [6, 6.07) is 18.1. The lowest BCUT2D eigenvalue weighted by atomic mass is 9.95. The van der Waals surface area contributed by atoms with E-state index in [9.17, 15) is 9.59 Å². The Balaban J connectivity index is 1.66. The molecule has 3 aromatic carbocycles. The minimum absolute atomic E-state index is 0.0841. The highest BCUT2D eigenvalue weighted by atomic mass is 19.1. The molecule has 47 heavy (non-hydrogen) atoms. The van der Waals surface area contributed by atoms with Crippen molar-refractivity contribution in [2.24, 2.45) is 0 Å². The molecule has 1 atom stereocenters. The van der Waals surface area contributed by atoms with Gasteiger partial charge in [-0.05, 0) is 83.4 Å². The number of halogens is 1. The molecular weight excluding hydrogens is 599 g/mol. The van der Waals surface area contributed by atoms with Crippen LogP contribution in [0.5, 0.6) is 5.75 Å². The molecule has 1 N–H and O–H groups in total. The highest BCUT2D eigenvalue weighted by molar-refractivity contribution is 5.74. The zero-order valence-corrected chi connectivity index (χ0v) is 28.8. The Morgan fingerprint density at radius 1 is 0.936 bits per heavy atom. The molecular formula is C38H49FN2O6. The molecule has 1 aliphatic heterocycles. The maximum absolute atomic E-state index is 16.5. The van der Waals surface area contributed by atoms with Gasteiger partial charge in [0.1, 0.15) is 29.4 Å². The van der Waals surface area contributed by atoms with Gasteiger partial charge in [0.05, 0.1) is 25.7 Å². The van der Waals surface area contributed by atoms with E-state index in [2.05, 4.69) is 16.3 Å². The van der Waals surface area contributed by atoms with E-state index in [0.717, 1.165) is 23.2 Å². The van der Waals surface area contributed by atoms with Gasteiger partial charge < -0.3 is 29.2 Å². The van der Waals surface area contributed by atoms with Gasteiger partial charge in [0.25, 0.3) is 0 Å². The number of anilines is 1. The zero-order chi connectivity index (χ0) is 34.2. The van der Waals surface area contributed by atoms with Crippen molar-refractivity contribution in [1.29, 1.82) is 0 Å². The SMILES string of the molecule is CCC[C@@H](NC(=O)OC(C)(C)C)c1cccc(-c2cc(COc3ccccc3CC(=O)OC(C)(C)C)cc(N3CCOCC3)c2)c1F. The van der Waals surface area contributed by atoms with Crippen LogP contribution in [0, 0.1) is 5.82 Å². The van der Waals surface area contributed by atoms with Crippen LogP contribution < -0.4 is 15.0 Å². The fourth-order valence-corrected chi connectivity index (χ4v) is 5.49. The third-order valence-electron chi connectivity index (χ3n) is 7.46. The summed E-state index contributed by atoms with van der Waals surface area (Å²) in [7, 11) is 0. The summed E-state index contributed by atoms with van der Waals surface area (Å²) in [5.74, 6) is -0.140. The minimum Gasteiger partial charge on any atom is -0.489 e. The molecule has 0 saturated carbocycles. The van der Waals surface area contributed by atoms with Crippen LogP contribution in [-0.2, 0) is 32.0 Å². The van der Waals surface area contributed by atoms with Gasteiger partial charge in [-0.1, -0.05) is 49.7 Å². The first-order chi connectivity index (χ1) is 22.2. The van der Waals surface area contributed by atoms with E-state index in [1.807, 2.05) is 70.2 Å². The molecule has 0 bridgehead atoms. The summed E-state index contributed by atoms with van der Waals surface area (Å²) >= 11 is 0. The number of alkyl carbamates (subject to hydrolysis) is 1. The van der Waals surface area contributed by atoms with E-state index in [4.69, 9.17) is 18.9 Å². The zero-order valence-electron chi connectivity index (χ0n) is 28.8. The number of hydrogen-bond acceptors (Lipinski definition) is 7. The van der Waals surface area contributed by atoms with Gasteiger partial charge in [0.15, 0.2) is 0 Å². The van der Waals surface area contributed by atoms with Crippen LogP contribution in [-0.4, -0.2) is 49.6 Å². The number of hydrogen-bond donors (Lipinski definition) is 1. The first-order valence-electron chi connectivity index (χ1n) is 16.4. The van der Waals surface area contributed by atoms with Gasteiger partial charge in [0.2, 0.25) is 0 Å². The minimum atomic E-state index is -0.671. The van der Waals surface area contributed by atoms with Crippen molar-refractivity contribution in [2.75, 3.05) is 31.2 Å². The number of ether oxygens (including phenoxy) is 4. The Kier molecular flexibility index (Phi) is 11.9. The number of morpholine rings is 1. The van der Waals surface area contributed by atoms with Crippen LogP contribution in [0.25, 0.3) is 11.1 Å². The number of nitrogens with one attached hydrogen (secondary N) is 1. The Morgan fingerprint density at radius 3 is 2.32 bits per heavy atom. The lowest BCUT2D eigenvalue weighted by Gasteiger charge is -2.30. The molecule has 1 aliphatic rings. The smallest absolute Gasteiger partial charge is 0.408 e. The summed E-state index contributed by atoms with van der Waals surface area (Å²) < 4.78 is 39.3. The first kappa shape index (κ1) is 35.7. The van der Waals surface area contributed by atoms with Crippen LogP contribution in [0.2, 0.25) is 0 Å². The summed E-state index contributed by atoms with van der Waals surface area (Å²) in [6.07, 6.45) is 0.797. The Bertz CT molecular complexity index is 1520. The third kappa shape index (κ3) is 10.7. The monoisotopic (exact) mass is 648 g/mol. The second-order valence-corrected chi connectivity index (χ2v) is 13.8. The van der Waals surface area contributed by atoms with Crippen LogP contribution >= 0.6 is 0 Å². The molecule has 4 rings (SSSR count). The van der Waals surface area contributed by atoms with Gasteiger partial charge in [0, 0.05) is 35.5 Å². The lowest BCUT2D eigenvalue weighted by Crippen LogP contribution is -2.36. The summed E-state index contributed by atoms with van der Waals surface area (Å²) in [6.45, 7) is 15.7. The van der Waals surface area contributed by atoms with Gasteiger partial charge in [-0.25, -0.2) is 9.18 Å². The number of benzene rings is 3. The van der Waals surface area contributed by atoms with E-state index in [1.54, 1.807) is 32.9 Å². The molecule has 8 nitrogen and oxygen atoms in total. The molecule has 9 heteroatoms. The van der Waals surface area contributed by atoms with Crippen LogP contribution in [0.1, 0.15) is 84.0 Å². The number of esters is 1. The van der Waals surface area contributed by atoms with Crippen molar-refractivity contribution in [3.8, 4) is 16.9 Å². The Hall–Kier alpha value is -4.11. The molecule has 0 aliphatic carbocycles. The van der Waals surface area contributed by atoms with Crippen molar-refractivity contribution >= 4 is 17.7 Å². The van der Waals surface area contributed by atoms with E-state index < -0.39 is 29.2 Å². The fourth-order valence-electron chi connectivity index (χ4n) is 5.49. The van der Waals surface area contributed by atoms with Crippen LogP contribution in [0.3, 0.4) is 0 Å². The van der Waals surface area contributed by atoms with Crippen LogP contribution in [0.15, 0.2) is 60.7 Å². The Labute approximate surface area is 278 Å². The maximum Gasteiger partial charge on any atom is 0.408 e. The number of nitrogens with zero attached hydrogens (tertiary/aromatic N) is 1. The van der Waals surface area contributed by atoms with E-state index in [-0.39, 0.29) is 19.0 Å². The second-order valence-electron chi connectivity index (χ2n) is 13.8. The van der Waals surface area contributed by atoms with Crippen LogP contribution in [0.4, 0.5) is 14.9 Å². The number of rotatable bonds is 11. The molecule has 3 aromatic rings. The van der Waals surface area contributed by atoms with Crippen molar-refractivity contribution in [1.82, 2.24) is 5.32 Å². The highest BCUT2D eigenvalue weighted by Gasteiger charge is 2.24. The normalized spacial score (nSPS) is 14.3. The topological polar surface area (TPSA) is 86.3 Å². The van der Waals surface area contributed by atoms with Crippen molar-refractivity contribution in [3.63, 3.8) is 0 Å². The molecule has 1 fully saturated rings. The molecule has 0 spiro atoms. The predicted molar refractivity (Wildman–Crippen MR) is 182 cm³/mol. The van der Waals surface area contributed by atoms with Gasteiger partial charge in [-0.3, -0.25) is 4.79 Å². The molecule has 1 saturated heterocycles. The van der Waals surface area contributed by atoms with Gasteiger partial charge in [-0.15, -0.1) is 0 Å². The lowest BCUT2D eigenvalue weighted by molar-refractivity contribution is -0.153. The molecule has 1 amide bonds. The van der Waals surface area contributed by atoms with Gasteiger partial charge >= 0.3 is 12.1 Å². The molecule has 0 radical (unpaired) electrons. The van der Waals surface area contributed by atoms with Gasteiger partial charge in [-0.2, -0.15) is 0 Å². The van der Waals surface area contributed by atoms with E-state index >= 15 is 4.39 Å². The summed E-state index contributed by atoms with van der Waals surface area (Å²) in [5, 5.41) is 2.88. The summed E-state index contributed by atoms with van der Waals surface area (Å²) in [4.78, 5) is 27.5. The van der Waals surface area contributed by atoms with Crippen molar-refractivity contribution in [3.05, 3.63) is 83.2 Å². The van der Waals surface area contributed by atoms with E-state index in [1.165, 1.54) is 0 Å². The second kappa shape index (κ2) is 15.7. The maximum atomic E-state index is 16.5. The molecule has 0 unspecified atom stereocenters. The Morgan fingerprint density at radius 2 is 1.64 bits per heavy atom. The third-order valence-corrected chi connectivity index (χ3v) is 7.46. The molecule has 0 aromatic heterocycles. The number of amides is 1. The number of carbonyl (C=O) groups is 2. The predicted octanol–water partition coefficient (Wildman–Crippen LogP) is 8.16. The van der Waals surface area contributed by atoms with Crippen molar-refractivity contribution in [2.45, 2.75) is 91.6 Å². The fraction of sp³-hybridized carbons (Fsp3) is 0.474.